The lowest BCUT2D eigenvalue weighted by Crippen LogP contribution is -2.27. The van der Waals surface area contributed by atoms with Gasteiger partial charge in [-0.25, -0.2) is 0 Å². The minimum atomic E-state index is -1.09. The average Bonchev–Trinajstić information content (AvgIpc) is 3.14. The summed E-state index contributed by atoms with van der Waals surface area (Å²) in [5, 5.41) is 9.63. The Balaban J connectivity index is 1.76. The van der Waals surface area contributed by atoms with E-state index in [1.54, 1.807) is 37.0 Å². The number of hydrogen-bond donors (Lipinski definition) is 1. The second-order valence-electron chi connectivity index (χ2n) is 6.26. The highest BCUT2D eigenvalue weighted by molar-refractivity contribution is 8.26. The van der Waals surface area contributed by atoms with Gasteiger partial charge in [0.05, 0.1) is 11.4 Å². The monoisotopic (exact) mass is 383 g/mol. The fourth-order valence-electron chi connectivity index (χ4n) is 2.24. The molecule has 3 rings (SSSR count). The summed E-state index contributed by atoms with van der Waals surface area (Å²) in [6, 6.07) is 13.2. The van der Waals surface area contributed by atoms with Gasteiger partial charge >= 0.3 is 0 Å². The van der Waals surface area contributed by atoms with E-state index in [9.17, 15) is 9.90 Å². The lowest BCUT2D eigenvalue weighted by Gasteiger charge is -2.14. The molecule has 1 fully saturated rings. The zero-order valence-electron chi connectivity index (χ0n) is 14.4. The highest BCUT2D eigenvalue weighted by atomic mass is 32.2. The molecule has 0 saturated carbocycles. The zero-order valence-corrected chi connectivity index (χ0v) is 16.0. The summed E-state index contributed by atoms with van der Waals surface area (Å²) in [6.45, 7) is 3.65. The van der Waals surface area contributed by atoms with Crippen LogP contribution in [0, 0.1) is 11.8 Å². The van der Waals surface area contributed by atoms with Crippen LogP contribution in [0.15, 0.2) is 51.8 Å². The molecule has 132 valence electrons. The van der Waals surface area contributed by atoms with Gasteiger partial charge in [-0.05, 0) is 37.5 Å². The van der Waals surface area contributed by atoms with Crippen molar-refractivity contribution >= 4 is 40.3 Å². The first-order valence-corrected chi connectivity index (χ1v) is 9.19. The van der Waals surface area contributed by atoms with Crippen LogP contribution >= 0.6 is 24.0 Å². The van der Waals surface area contributed by atoms with Crippen LogP contribution < -0.4 is 0 Å². The van der Waals surface area contributed by atoms with E-state index in [1.807, 2.05) is 30.3 Å². The Morgan fingerprint density at radius 3 is 2.69 bits per heavy atom. The molecule has 0 atom stereocenters. The second-order valence-corrected chi connectivity index (χ2v) is 7.94. The number of aliphatic hydroxyl groups is 1. The summed E-state index contributed by atoms with van der Waals surface area (Å²) in [7, 11) is 0. The zero-order chi connectivity index (χ0) is 18.7. The van der Waals surface area contributed by atoms with Crippen molar-refractivity contribution in [1.82, 2.24) is 4.90 Å². The summed E-state index contributed by atoms with van der Waals surface area (Å²) in [6.07, 6.45) is 1.67. The van der Waals surface area contributed by atoms with E-state index in [1.165, 1.54) is 11.8 Å². The summed E-state index contributed by atoms with van der Waals surface area (Å²) in [5.74, 6) is 6.27. The Hall–Kier alpha value is -2.33. The predicted molar refractivity (Wildman–Crippen MR) is 107 cm³/mol. The molecule has 0 bridgehead atoms. The molecule has 1 saturated heterocycles. The lowest BCUT2D eigenvalue weighted by atomic mass is 10.1. The number of amides is 1. The van der Waals surface area contributed by atoms with Crippen molar-refractivity contribution in [2.24, 2.45) is 0 Å². The Bertz CT molecular complexity index is 927. The fourth-order valence-corrected chi connectivity index (χ4v) is 3.48. The Morgan fingerprint density at radius 2 is 2.00 bits per heavy atom. The van der Waals surface area contributed by atoms with Crippen molar-refractivity contribution in [2.45, 2.75) is 26.0 Å². The van der Waals surface area contributed by atoms with Crippen LogP contribution in [-0.2, 0) is 11.3 Å². The normalized spacial score (nSPS) is 16.1. The van der Waals surface area contributed by atoms with E-state index < -0.39 is 5.60 Å². The van der Waals surface area contributed by atoms with E-state index in [-0.39, 0.29) is 5.91 Å². The van der Waals surface area contributed by atoms with Gasteiger partial charge in [-0.15, -0.1) is 0 Å². The van der Waals surface area contributed by atoms with Gasteiger partial charge in [0, 0.05) is 6.08 Å². The molecule has 0 aliphatic carbocycles. The van der Waals surface area contributed by atoms with E-state index in [4.69, 9.17) is 16.6 Å². The van der Waals surface area contributed by atoms with E-state index in [0.717, 1.165) is 5.56 Å². The molecule has 26 heavy (non-hydrogen) atoms. The summed E-state index contributed by atoms with van der Waals surface area (Å²) < 4.78 is 6.12. The van der Waals surface area contributed by atoms with Crippen LogP contribution in [-0.4, -0.2) is 25.8 Å². The highest BCUT2D eigenvalue weighted by Crippen LogP contribution is 2.33. The number of rotatable bonds is 3. The molecule has 1 aliphatic heterocycles. The molecule has 1 aromatic heterocycles. The van der Waals surface area contributed by atoms with Gasteiger partial charge in [0.2, 0.25) is 0 Å². The third-order valence-electron chi connectivity index (χ3n) is 3.45. The topological polar surface area (TPSA) is 53.7 Å². The Labute approximate surface area is 161 Å². The van der Waals surface area contributed by atoms with Gasteiger partial charge in [0.15, 0.2) is 5.76 Å². The van der Waals surface area contributed by atoms with E-state index in [0.29, 0.717) is 27.3 Å². The van der Waals surface area contributed by atoms with Crippen LogP contribution in [0.1, 0.15) is 30.9 Å². The molecule has 0 unspecified atom stereocenters. The largest absolute Gasteiger partial charge is 0.448 e. The molecular weight excluding hydrogens is 366 g/mol. The first-order chi connectivity index (χ1) is 12.3. The van der Waals surface area contributed by atoms with Crippen LogP contribution in [0.3, 0.4) is 0 Å². The van der Waals surface area contributed by atoms with Gasteiger partial charge < -0.3 is 9.52 Å². The van der Waals surface area contributed by atoms with E-state index in [2.05, 4.69) is 11.8 Å². The smallest absolute Gasteiger partial charge is 0.266 e. The summed E-state index contributed by atoms with van der Waals surface area (Å²) >= 11 is 6.60. The maximum absolute atomic E-state index is 12.6. The minimum absolute atomic E-state index is 0.135. The standard InChI is InChI=1S/C20H17NO3S2/c1-20(2,23)11-10-15-8-9-16(24-15)12-17-18(22)21(19(25)26-17)13-14-6-4-3-5-7-14/h3-9,12,23H,13H2,1-2H3/b17-12-. The average molecular weight is 383 g/mol. The minimum Gasteiger partial charge on any atom is -0.448 e. The number of furan rings is 1. The van der Waals surface area contributed by atoms with Gasteiger partial charge in [-0.1, -0.05) is 60.2 Å². The first kappa shape index (κ1) is 18.5. The van der Waals surface area contributed by atoms with Crippen LogP contribution in [0.25, 0.3) is 6.08 Å². The van der Waals surface area contributed by atoms with Gasteiger partial charge in [0.1, 0.15) is 15.7 Å². The molecule has 1 N–H and O–H groups in total. The second kappa shape index (κ2) is 7.50. The fraction of sp³-hybridized carbons (Fsp3) is 0.200. The van der Waals surface area contributed by atoms with Gasteiger partial charge in [-0.3, -0.25) is 9.69 Å². The Morgan fingerprint density at radius 1 is 1.27 bits per heavy atom. The number of carbonyl (C=O) groups excluding carboxylic acids is 1. The third-order valence-corrected chi connectivity index (χ3v) is 4.83. The van der Waals surface area contributed by atoms with E-state index >= 15 is 0 Å². The number of thiocarbonyl (C=S) groups is 1. The van der Waals surface area contributed by atoms with Crippen LogP contribution in [0.2, 0.25) is 0 Å². The molecular formula is C20H17NO3S2. The van der Waals surface area contributed by atoms with Crippen molar-refractivity contribution in [3.63, 3.8) is 0 Å². The van der Waals surface area contributed by atoms with Gasteiger partial charge in [-0.2, -0.15) is 0 Å². The molecule has 2 aromatic rings. The molecule has 2 heterocycles. The number of carbonyl (C=O) groups is 1. The van der Waals surface area contributed by atoms with Gasteiger partial charge in [0.25, 0.3) is 5.91 Å². The van der Waals surface area contributed by atoms with Crippen molar-refractivity contribution in [1.29, 1.82) is 0 Å². The summed E-state index contributed by atoms with van der Waals surface area (Å²) in [5.41, 5.74) is -0.0699. The number of hydrogen-bond acceptors (Lipinski definition) is 5. The molecule has 1 aliphatic rings. The Kier molecular flexibility index (Phi) is 5.33. The van der Waals surface area contributed by atoms with Crippen LogP contribution in [0.4, 0.5) is 0 Å². The SMILES string of the molecule is CC(C)(O)C#Cc1ccc(/C=C2\SC(=S)N(Cc3ccccc3)C2=O)o1. The van der Waals surface area contributed by atoms with Crippen LogP contribution in [0.5, 0.6) is 0 Å². The number of thioether (sulfide) groups is 1. The summed E-state index contributed by atoms with van der Waals surface area (Å²) in [4.78, 5) is 14.7. The van der Waals surface area contributed by atoms with Crippen molar-refractivity contribution in [3.8, 4) is 11.8 Å². The molecule has 1 amide bonds. The first-order valence-electron chi connectivity index (χ1n) is 7.96. The lowest BCUT2D eigenvalue weighted by molar-refractivity contribution is -0.122. The predicted octanol–water partition coefficient (Wildman–Crippen LogP) is 3.80. The maximum atomic E-state index is 12.6. The number of benzene rings is 1. The molecule has 0 radical (unpaired) electrons. The van der Waals surface area contributed by atoms with Crippen molar-refractivity contribution in [3.05, 3.63) is 64.5 Å². The highest BCUT2D eigenvalue weighted by Gasteiger charge is 2.32. The molecule has 4 nitrogen and oxygen atoms in total. The maximum Gasteiger partial charge on any atom is 0.266 e. The number of nitrogens with zero attached hydrogens (tertiary/aromatic N) is 1. The third kappa shape index (κ3) is 4.64. The quantitative estimate of drug-likeness (QED) is 0.496. The molecule has 0 spiro atoms. The molecule has 6 heteroatoms. The van der Waals surface area contributed by atoms with Crippen molar-refractivity contribution in [2.75, 3.05) is 0 Å². The molecule has 1 aromatic carbocycles. The van der Waals surface area contributed by atoms with Crippen molar-refractivity contribution < 1.29 is 14.3 Å².